The van der Waals surface area contributed by atoms with Crippen molar-refractivity contribution >= 4 is 40.8 Å². The molecule has 1 N–H and O–H groups in total. The van der Waals surface area contributed by atoms with E-state index >= 15 is 0 Å². The Morgan fingerprint density at radius 1 is 1.40 bits per heavy atom. The lowest BCUT2D eigenvalue weighted by atomic mass is 9.91. The van der Waals surface area contributed by atoms with Gasteiger partial charge in [0.1, 0.15) is 4.49 Å². The summed E-state index contributed by atoms with van der Waals surface area (Å²) in [6.45, 7) is 6.08. The Labute approximate surface area is 105 Å². The first kappa shape index (κ1) is 17.4. The van der Waals surface area contributed by atoms with Gasteiger partial charge in [0.15, 0.2) is 0 Å². The van der Waals surface area contributed by atoms with Gasteiger partial charge in [-0.05, 0) is 11.8 Å². The summed E-state index contributed by atoms with van der Waals surface area (Å²) in [7, 11) is 0. The van der Waals surface area contributed by atoms with Gasteiger partial charge in [0, 0.05) is 12.0 Å². The summed E-state index contributed by atoms with van der Waals surface area (Å²) in [5.41, 5.74) is 1.21. The minimum absolute atomic E-state index is 0.0895. The second kappa shape index (κ2) is 9.28. The van der Waals surface area contributed by atoms with E-state index in [1.54, 1.807) is 0 Å². The van der Waals surface area contributed by atoms with Gasteiger partial charge in [-0.1, -0.05) is 55.6 Å². The van der Waals surface area contributed by atoms with Gasteiger partial charge in [-0.2, -0.15) is 5.26 Å². The summed E-state index contributed by atoms with van der Waals surface area (Å²) in [4.78, 5) is 13.9. The van der Waals surface area contributed by atoms with E-state index in [9.17, 15) is 4.79 Å². The molecule has 0 aromatic heterocycles. The van der Waals surface area contributed by atoms with Crippen molar-refractivity contribution in [3.63, 3.8) is 0 Å². The summed E-state index contributed by atoms with van der Waals surface area (Å²) in [5.74, 6) is -0.560. The van der Waals surface area contributed by atoms with Crippen molar-refractivity contribution in [1.29, 1.82) is 0 Å². The quantitative estimate of drug-likeness (QED) is 0.603. The van der Waals surface area contributed by atoms with Crippen LogP contribution in [0.4, 0.5) is 0 Å². The van der Waals surface area contributed by atoms with Crippen LogP contribution in [0.15, 0.2) is 10.0 Å². The summed E-state index contributed by atoms with van der Waals surface area (Å²) in [6, 6.07) is 0. The highest BCUT2D eigenvalue weighted by molar-refractivity contribution is 6.58. The molecule has 0 radical (unpaired) electrons. The summed E-state index contributed by atoms with van der Waals surface area (Å²) < 4.78 is 0.0895. The van der Waals surface area contributed by atoms with Crippen LogP contribution in [0.1, 0.15) is 33.6 Å². The molecule has 0 saturated carbocycles. The van der Waals surface area contributed by atoms with Crippen LogP contribution in [0.2, 0.25) is 0 Å². The summed E-state index contributed by atoms with van der Waals surface area (Å²) in [5, 5.41) is 7.88. The lowest BCUT2D eigenvalue weighted by molar-refractivity contribution is -0.234. The molecule has 0 saturated heterocycles. The fourth-order valence-corrected chi connectivity index (χ4v) is 0.523. The minimum Gasteiger partial charge on any atom is -0.301 e. The lowest BCUT2D eigenvalue weighted by Crippen LogP contribution is -2.09. The molecule has 3 nitrogen and oxygen atoms in total. The molecule has 0 heterocycles. The van der Waals surface area contributed by atoms with E-state index in [0.29, 0.717) is 0 Å². The highest BCUT2D eigenvalue weighted by atomic mass is 35.5. The predicted octanol–water partition coefficient (Wildman–Crippen LogP) is 4.33. The minimum atomic E-state index is -0.560. The molecular formula is C9H15Cl3O3. The van der Waals surface area contributed by atoms with Crippen LogP contribution in [0.3, 0.4) is 0 Å². The zero-order chi connectivity index (χ0) is 12.5. The average molecular weight is 278 g/mol. The monoisotopic (exact) mass is 276 g/mol. The van der Waals surface area contributed by atoms with Crippen molar-refractivity contribution in [2.24, 2.45) is 5.41 Å². The van der Waals surface area contributed by atoms with Crippen molar-refractivity contribution in [1.82, 2.24) is 0 Å². The number of carbonyl (C=O) groups excluding carboxylic acids is 1. The van der Waals surface area contributed by atoms with Gasteiger partial charge in [-0.15, -0.1) is 0 Å². The molecule has 0 spiro atoms. The molecule has 0 aliphatic heterocycles. The van der Waals surface area contributed by atoms with Crippen LogP contribution >= 0.6 is 34.8 Å². The third-order valence-electron chi connectivity index (χ3n) is 1.26. The van der Waals surface area contributed by atoms with Crippen LogP contribution < -0.4 is 0 Å². The molecule has 0 rings (SSSR count). The predicted molar refractivity (Wildman–Crippen MR) is 63.1 cm³/mol. The first-order valence-corrected chi connectivity index (χ1v) is 5.38. The van der Waals surface area contributed by atoms with Crippen molar-refractivity contribution in [3.05, 3.63) is 10.0 Å². The Hall–Kier alpha value is 0.0400. The molecule has 6 heteroatoms. The zero-order valence-electron chi connectivity index (χ0n) is 8.89. The van der Waals surface area contributed by atoms with Gasteiger partial charge < -0.3 is 4.89 Å². The van der Waals surface area contributed by atoms with Crippen molar-refractivity contribution in [2.75, 3.05) is 0 Å². The van der Waals surface area contributed by atoms with E-state index in [2.05, 4.69) is 4.89 Å². The Morgan fingerprint density at radius 2 is 1.80 bits per heavy atom. The van der Waals surface area contributed by atoms with Crippen molar-refractivity contribution in [3.8, 4) is 0 Å². The summed E-state index contributed by atoms with van der Waals surface area (Å²) in [6.07, 6.45) is 1.01. The number of hydrogen-bond acceptors (Lipinski definition) is 3. The molecule has 90 valence electrons. The van der Waals surface area contributed by atoms with E-state index < -0.39 is 5.97 Å². The maximum absolute atomic E-state index is 10.4. The maximum Gasteiger partial charge on any atom is 0.342 e. The third kappa shape index (κ3) is 20.2. The van der Waals surface area contributed by atoms with E-state index in [0.717, 1.165) is 12.0 Å². The molecule has 0 aromatic carbocycles. The Kier molecular flexibility index (Phi) is 10.8. The van der Waals surface area contributed by atoms with Crippen LogP contribution in [0.5, 0.6) is 0 Å². The van der Waals surface area contributed by atoms with Crippen LogP contribution in [-0.4, -0.2) is 11.2 Å². The van der Waals surface area contributed by atoms with E-state index in [4.69, 9.17) is 40.1 Å². The van der Waals surface area contributed by atoms with Crippen molar-refractivity contribution < 1.29 is 14.9 Å². The molecular weight excluding hydrogens is 262 g/mol. The van der Waals surface area contributed by atoms with Gasteiger partial charge in [-0.3, -0.25) is 0 Å². The second-order valence-electron chi connectivity index (χ2n) is 3.92. The molecule has 0 unspecified atom stereocenters. The molecule has 0 bridgehead atoms. The number of halogens is 3. The molecule has 0 aliphatic carbocycles. The fourth-order valence-electron chi connectivity index (χ4n) is 0.523. The van der Waals surface area contributed by atoms with Gasteiger partial charge in [-0.25, -0.2) is 4.79 Å². The van der Waals surface area contributed by atoms with E-state index in [-0.39, 0.29) is 16.3 Å². The van der Waals surface area contributed by atoms with Crippen LogP contribution in [-0.2, 0) is 9.68 Å². The Morgan fingerprint density at radius 3 is 2.00 bits per heavy atom. The number of rotatable bonds is 2. The molecule has 0 aliphatic rings. The largest absolute Gasteiger partial charge is 0.342 e. The SMILES string of the molecule is CC(C)(C)CCC(=O)OO.ClC=C(Cl)Cl. The van der Waals surface area contributed by atoms with Gasteiger partial charge in [0.2, 0.25) is 0 Å². The normalized spacial score (nSPS) is 9.80. The first-order valence-electron chi connectivity index (χ1n) is 4.18. The van der Waals surface area contributed by atoms with Gasteiger partial charge >= 0.3 is 5.97 Å². The zero-order valence-corrected chi connectivity index (χ0v) is 11.2. The van der Waals surface area contributed by atoms with Gasteiger partial charge in [0.05, 0.1) is 0 Å². The maximum atomic E-state index is 10.4. The van der Waals surface area contributed by atoms with E-state index in [1.165, 1.54) is 0 Å². The number of hydrogen-bond donors (Lipinski definition) is 1. The van der Waals surface area contributed by atoms with Gasteiger partial charge in [0.25, 0.3) is 0 Å². The highest BCUT2D eigenvalue weighted by Gasteiger charge is 2.13. The second-order valence-corrected chi connectivity index (χ2v) is 5.15. The molecule has 15 heavy (non-hydrogen) atoms. The Balaban J connectivity index is 0. The highest BCUT2D eigenvalue weighted by Crippen LogP contribution is 2.20. The summed E-state index contributed by atoms with van der Waals surface area (Å²) >= 11 is 14.8. The lowest BCUT2D eigenvalue weighted by Gasteiger charge is -2.15. The van der Waals surface area contributed by atoms with Crippen LogP contribution in [0, 0.1) is 5.41 Å². The molecule has 0 fully saturated rings. The average Bonchev–Trinajstić information content (AvgIpc) is 2.14. The first-order chi connectivity index (χ1) is 6.72. The molecule has 0 aromatic rings. The van der Waals surface area contributed by atoms with Crippen LogP contribution in [0.25, 0.3) is 0 Å². The Bertz CT molecular complexity index is 205. The topological polar surface area (TPSA) is 46.5 Å². The number of carbonyl (C=O) groups is 1. The standard InChI is InChI=1S/C7H14O3.C2HCl3/c1-7(2,3)5-4-6(8)10-9;3-1-2(4)5/h9H,4-5H2,1-3H3;1H. The van der Waals surface area contributed by atoms with Crippen molar-refractivity contribution in [2.45, 2.75) is 33.6 Å². The third-order valence-corrected chi connectivity index (χ3v) is 1.92. The smallest absolute Gasteiger partial charge is 0.301 e. The van der Waals surface area contributed by atoms with E-state index in [1.807, 2.05) is 20.8 Å². The molecule has 0 amide bonds. The fraction of sp³-hybridized carbons (Fsp3) is 0.667. The molecule has 0 atom stereocenters.